The third-order valence-electron chi connectivity index (χ3n) is 3.17. The van der Waals surface area contributed by atoms with Gasteiger partial charge in [0.2, 0.25) is 0 Å². The molecule has 0 bridgehead atoms. The van der Waals surface area contributed by atoms with Crippen molar-refractivity contribution in [2.24, 2.45) is 0 Å². The first-order valence-corrected chi connectivity index (χ1v) is 6.45. The second-order valence-corrected chi connectivity index (χ2v) is 5.15. The average molecular weight is 289 g/mol. The molecule has 2 N–H and O–H groups in total. The van der Waals surface area contributed by atoms with Crippen LogP contribution in [-0.4, -0.2) is 6.54 Å². The number of nitrogen functional groups attached to an aromatic ring is 1. The Hall–Kier alpha value is -1.48. The Kier molecular flexibility index (Phi) is 2.56. The molecule has 1 aliphatic heterocycles. The molecule has 0 saturated carbocycles. The van der Waals surface area contributed by atoms with Crippen molar-refractivity contribution >= 4 is 33.0 Å². The molecule has 0 amide bonds. The normalized spacial score (nSPS) is 13.8. The standard InChI is InChI=1S/C14H13BrN2/c15-11-5-6-14(12(16)9-11)17-8-7-10-3-1-2-4-13(10)17/h1-6,9H,7-8,16H2. The van der Waals surface area contributed by atoms with Gasteiger partial charge in [-0.1, -0.05) is 34.1 Å². The van der Waals surface area contributed by atoms with Crippen LogP contribution < -0.4 is 10.6 Å². The fourth-order valence-electron chi connectivity index (χ4n) is 2.36. The van der Waals surface area contributed by atoms with Crippen LogP contribution in [0.2, 0.25) is 0 Å². The van der Waals surface area contributed by atoms with Gasteiger partial charge in [0.05, 0.1) is 11.4 Å². The lowest BCUT2D eigenvalue weighted by atomic mass is 10.2. The molecule has 0 atom stereocenters. The maximum Gasteiger partial charge on any atom is 0.0645 e. The second-order valence-electron chi connectivity index (χ2n) is 4.23. The fourth-order valence-corrected chi connectivity index (χ4v) is 2.74. The Bertz CT molecular complexity index is 566. The van der Waals surface area contributed by atoms with E-state index in [-0.39, 0.29) is 0 Å². The first-order chi connectivity index (χ1) is 8.25. The van der Waals surface area contributed by atoms with E-state index in [4.69, 9.17) is 5.73 Å². The molecule has 0 fully saturated rings. The lowest BCUT2D eigenvalue weighted by molar-refractivity contribution is 0.999. The molecular weight excluding hydrogens is 276 g/mol. The van der Waals surface area contributed by atoms with Gasteiger partial charge in [0, 0.05) is 16.7 Å². The number of halogens is 1. The van der Waals surface area contributed by atoms with Crippen molar-refractivity contribution in [2.75, 3.05) is 17.2 Å². The monoisotopic (exact) mass is 288 g/mol. The number of hydrogen-bond donors (Lipinski definition) is 1. The van der Waals surface area contributed by atoms with Crippen LogP contribution in [0.3, 0.4) is 0 Å². The number of nitrogens with zero attached hydrogens (tertiary/aromatic N) is 1. The summed E-state index contributed by atoms with van der Waals surface area (Å²) in [6.07, 6.45) is 1.09. The average Bonchev–Trinajstić information content (AvgIpc) is 2.73. The van der Waals surface area contributed by atoms with Crippen molar-refractivity contribution in [2.45, 2.75) is 6.42 Å². The number of nitrogens with two attached hydrogens (primary N) is 1. The minimum atomic E-state index is 0.816. The first kappa shape index (κ1) is 10.7. The number of fused-ring (bicyclic) bond motifs is 1. The van der Waals surface area contributed by atoms with Gasteiger partial charge in [-0.05, 0) is 36.2 Å². The zero-order valence-corrected chi connectivity index (χ0v) is 10.9. The summed E-state index contributed by atoms with van der Waals surface area (Å²) in [7, 11) is 0. The molecule has 3 heteroatoms. The van der Waals surface area contributed by atoms with Crippen molar-refractivity contribution in [1.82, 2.24) is 0 Å². The van der Waals surface area contributed by atoms with E-state index in [9.17, 15) is 0 Å². The van der Waals surface area contributed by atoms with E-state index in [1.165, 1.54) is 11.3 Å². The van der Waals surface area contributed by atoms with Gasteiger partial charge in [0.25, 0.3) is 0 Å². The fraction of sp³-hybridized carbons (Fsp3) is 0.143. The summed E-state index contributed by atoms with van der Waals surface area (Å²) in [5.41, 5.74) is 10.7. The molecule has 0 spiro atoms. The Balaban J connectivity index is 2.07. The molecule has 1 aliphatic rings. The van der Waals surface area contributed by atoms with Crippen LogP contribution in [0.25, 0.3) is 0 Å². The minimum Gasteiger partial charge on any atom is -0.397 e. The number of para-hydroxylation sites is 1. The topological polar surface area (TPSA) is 29.3 Å². The maximum absolute atomic E-state index is 6.09. The lowest BCUT2D eigenvalue weighted by Crippen LogP contribution is -2.14. The Morgan fingerprint density at radius 1 is 1.06 bits per heavy atom. The Morgan fingerprint density at radius 3 is 2.71 bits per heavy atom. The van der Waals surface area contributed by atoms with Crippen LogP contribution in [0, 0.1) is 0 Å². The van der Waals surface area contributed by atoms with Gasteiger partial charge in [0.1, 0.15) is 0 Å². The van der Waals surface area contributed by atoms with E-state index >= 15 is 0 Å². The summed E-state index contributed by atoms with van der Waals surface area (Å²) >= 11 is 3.44. The molecule has 0 unspecified atom stereocenters. The Morgan fingerprint density at radius 2 is 1.88 bits per heavy atom. The largest absolute Gasteiger partial charge is 0.397 e. The van der Waals surface area contributed by atoms with E-state index < -0.39 is 0 Å². The highest BCUT2D eigenvalue weighted by Gasteiger charge is 2.21. The molecule has 86 valence electrons. The molecule has 0 radical (unpaired) electrons. The van der Waals surface area contributed by atoms with Crippen LogP contribution >= 0.6 is 15.9 Å². The van der Waals surface area contributed by atoms with E-state index in [2.05, 4.69) is 51.2 Å². The van der Waals surface area contributed by atoms with Gasteiger partial charge >= 0.3 is 0 Å². The van der Waals surface area contributed by atoms with Crippen LogP contribution in [-0.2, 0) is 6.42 Å². The second kappa shape index (κ2) is 4.08. The molecule has 3 rings (SSSR count). The summed E-state index contributed by atoms with van der Waals surface area (Å²) < 4.78 is 1.02. The van der Waals surface area contributed by atoms with Crippen LogP contribution in [0.4, 0.5) is 17.1 Å². The molecule has 0 aliphatic carbocycles. The van der Waals surface area contributed by atoms with Gasteiger partial charge < -0.3 is 10.6 Å². The van der Waals surface area contributed by atoms with Gasteiger partial charge in [-0.15, -0.1) is 0 Å². The lowest BCUT2D eigenvalue weighted by Gasteiger charge is -2.21. The molecule has 2 aromatic rings. The number of benzene rings is 2. The van der Waals surface area contributed by atoms with Gasteiger partial charge in [-0.25, -0.2) is 0 Å². The highest BCUT2D eigenvalue weighted by Crippen LogP contribution is 2.37. The minimum absolute atomic E-state index is 0.816. The highest BCUT2D eigenvalue weighted by atomic mass is 79.9. The summed E-state index contributed by atoms with van der Waals surface area (Å²) in [6, 6.07) is 14.6. The molecule has 2 aromatic carbocycles. The van der Waals surface area contributed by atoms with E-state index in [0.29, 0.717) is 0 Å². The first-order valence-electron chi connectivity index (χ1n) is 5.66. The third kappa shape index (κ3) is 1.80. The third-order valence-corrected chi connectivity index (χ3v) is 3.66. The predicted molar refractivity (Wildman–Crippen MR) is 75.7 cm³/mol. The van der Waals surface area contributed by atoms with Crippen LogP contribution in [0.1, 0.15) is 5.56 Å². The highest BCUT2D eigenvalue weighted by molar-refractivity contribution is 9.10. The Labute approximate surface area is 109 Å². The van der Waals surface area contributed by atoms with E-state index in [1.807, 2.05) is 12.1 Å². The van der Waals surface area contributed by atoms with Crippen LogP contribution in [0.5, 0.6) is 0 Å². The van der Waals surface area contributed by atoms with Gasteiger partial charge in [0.15, 0.2) is 0 Å². The summed E-state index contributed by atoms with van der Waals surface area (Å²) in [5.74, 6) is 0. The zero-order valence-electron chi connectivity index (χ0n) is 9.36. The van der Waals surface area contributed by atoms with Crippen molar-refractivity contribution in [1.29, 1.82) is 0 Å². The summed E-state index contributed by atoms with van der Waals surface area (Å²) in [6.45, 7) is 1.01. The van der Waals surface area contributed by atoms with Crippen molar-refractivity contribution in [3.63, 3.8) is 0 Å². The van der Waals surface area contributed by atoms with Crippen molar-refractivity contribution < 1.29 is 0 Å². The van der Waals surface area contributed by atoms with Gasteiger partial charge in [-0.2, -0.15) is 0 Å². The van der Waals surface area contributed by atoms with Crippen molar-refractivity contribution in [3.05, 3.63) is 52.5 Å². The molecule has 0 aromatic heterocycles. The molecule has 17 heavy (non-hydrogen) atoms. The molecule has 2 nitrogen and oxygen atoms in total. The number of rotatable bonds is 1. The number of hydrogen-bond acceptors (Lipinski definition) is 2. The van der Waals surface area contributed by atoms with Crippen LogP contribution in [0.15, 0.2) is 46.9 Å². The summed E-state index contributed by atoms with van der Waals surface area (Å²) in [5, 5.41) is 0. The molecule has 1 heterocycles. The smallest absolute Gasteiger partial charge is 0.0645 e. The molecule has 0 saturated heterocycles. The van der Waals surface area contributed by atoms with E-state index in [0.717, 1.165) is 28.8 Å². The zero-order chi connectivity index (χ0) is 11.8. The quantitative estimate of drug-likeness (QED) is 0.811. The predicted octanol–water partition coefficient (Wildman–Crippen LogP) is 3.73. The number of anilines is 3. The maximum atomic E-state index is 6.09. The summed E-state index contributed by atoms with van der Waals surface area (Å²) in [4.78, 5) is 2.29. The van der Waals surface area contributed by atoms with Crippen molar-refractivity contribution in [3.8, 4) is 0 Å². The SMILES string of the molecule is Nc1cc(Br)ccc1N1CCc2ccccc21. The van der Waals surface area contributed by atoms with Gasteiger partial charge in [-0.3, -0.25) is 0 Å². The van der Waals surface area contributed by atoms with E-state index in [1.54, 1.807) is 0 Å². The molecular formula is C14H13BrN2.